The van der Waals surface area contributed by atoms with Crippen molar-refractivity contribution in [1.29, 1.82) is 0 Å². The van der Waals surface area contributed by atoms with Gasteiger partial charge in [-0.15, -0.1) is 0 Å². The first kappa shape index (κ1) is 9.81. The van der Waals surface area contributed by atoms with Crippen LogP contribution in [0.1, 0.15) is 28.8 Å². The maximum absolute atomic E-state index is 11.5. The van der Waals surface area contributed by atoms with Crippen molar-refractivity contribution in [3.8, 4) is 5.75 Å². The zero-order valence-electron chi connectivity index (χ0n) is 7.31. The fourth-order valence-corrected chi connectivity index (χ4v) is 2.11. The molecule has 0 aliphatic heterocycles. The predicted molar refractivity (Wildman–Crippen MR) is 55.4 cm³/mol. The van der Waals surface area contributed by atoms with E-state index in [1.165, 1.54) is 0 Å². The van der Waals surface area contributed by atoms with Gasteiger partial charge in [-0.2, -0.15) is 0 Å². The fourth-order valence-electron chi connectivity index (χ4n) is 1.74. The number of fused-ring (bicyclic) bond motifs is 1. The highest BCUT2D eigenvalue weighted by Crippen LogP contribution is 2.39. The van der Waals surface area contributed by atoms with Gasteiger partial charge in [-0.25, -0.2) is 0 Å². The number of aromatic hydroxyl groups is 1. The van der Waals surface area contributed by atoms with Crippen LogP contribution in [0.2, 0.25) is 10.0 Å². The Hall–Kier alpha value is -0.730. The third-order valence-corrected chi connectivity index (χ3v) is 3.18. The number of carbonyl (C=O) groups is 1. The van der Waals surface area contributed by atoms with Gasteiger partial charge in [0.2, 0.25) is 0 Å². The quantitative estimate of drug-likeness (QED) is 0.744. The SMILES string of the molecule is O=C1CCCc2cc(Cl)c(Cl)c(O)c21. The van der Waals surface area contributed by atoms with E-state index in [9.17, 15) is 9.90 Å². The molecule has 0 bridgehead atoms. The first-order chi connectivity index (χ1) is 6.61. The van der Waals surface area contributed by atoms with Gasteiger partial charge in [0, 0.05) is 6.42 Å². The molecule has 74 valence electrons. The van der Waals surface area contributed by atoms with Crippen molar-refractivity contribution in [1.82, 2.24) is 0 Å². The molecule has 1 aliphatic carbocycles. The third-order valence-electron chi connectivity index (χ3n) is 2.41. The summed E-state index contributed by atoms with van der Waals surface area (Å²) in [5, 5.41) is 10.0. The zero-order chi connectivity index (χ0) is 10.3. The van der Waals surface area contributed by atoms with Crippen LogP contribution < -0.4 is 0 Å². The van der Waals surface area contributed by atoms with Crippen molar-refractivity contribution >= 4 is 29.0 Å². The summed E-state index contributed by atoms with van der Waals surface area (Å²) in [6, 6.07) is 1.66. The summed E-state index contributed by atoms with van der Waals surface area (Å²) in [5.41, 5.74) is 1.15. The van der Waals surface area contributed by atoms with E-state index in [4.69, 9.17) is 23.2 Å². The van der Waals surface area contributed by atoms with Gasteiger partial charge in [0.25, 0.3) is 0 Å². The Balaban J connectivity index is 2.70. The van der Waals surface area contributed by atoms with Crippen LogP contribution in [0.5, 0.6) is 5.75 Å². The molecule has 0 fully saturated rings. The Morgan fingerprint density at radius 2 is 2.00 bits per heavy atom. The van der Waals surface area contributed by atoms with Crippen LogP contribution in [-0.2, 0) is 6.42 Å². The standard InChI is InChI=1S/C10H8Cl2O2/c11-6-4-5-2-1-3-7(13)8(5)10(14)9(6)12/h4,14H,1-3H2. The van der Waals surface area contributed by atoms with E-state index in [2.05, 4.69) is 0 Å². The molecule has 0 amide bonds. The number of phenolic OH excluding ortho intramolecular Hbond substituents is 1. The van der Waals surface area contributed by atoms with Gasteiger partial charge in [0.15, 0.2) is 5.78 Å². The van der Waals surface area contributed by atoms with E-state index in [0.717, 1.165) is 18.4 Å². The molecule has 0 aromatic heterocycles. The maximum atomic E-state index is 11.5. The van der Waals surface area contributed by atoms with Gasteiger partial charge in [0.1, 0.15) is 10.8 Å². The highest BCUT2D eigenvalue weighted by molar-refractivity contribution is 6.43. The highest BCUT2D eigenvalue weighted by Gasteiger charge is 2.24. The molecule has 4 heteroatoms. The van der Waals surface area contributed by atoms with Crippen molar-refractivity contribution in [2.24, 2.45) is 0 Å². The first-order valence-electron chi connectivity index (χ1n) is 4.34. The van der Waals surface area contributed by atoms with Gasteiger partial charge >= 0.3 is 0 Å². The molecule has 0 spiro atoms. The molecule has 0 atom stereocenters. The maximum Gasteiger partial charge on any atom is 0.166 e. The number of rotatable bonds is 0. The highest BCUT2D eigenvalue weighted by atomic mass is 35.5. The van der Waals surface area contributed by atoms with Crippen molar-refractivity contribution < 1.29 is 9.90 Å². The van der Waals surface area contributed by atoms with Crippen LogP contribution in [0.3, 0.4) is 0 Å². The van der Waals surface area contributed by atoms with Gasteiger partial charge < -0.3 is 5.11 Å². The molecule has 2 rings (SSSR count). The summed E-state index contributed by atoms with van der Waals surface area (Å²) in [6.07, 6.45) is 2.05. The molecule has 2 nitrogen and oxygen atoms in total. The molecule has 1 aromatic carbocycles. The molecule has 0 unspecified atom stereocenters. The van der Waals surface area contributed by atoms with Crippen molar-refractivity contribution in [3.63, 3.8) is 0 Å². The lowest BCUT2D eigenvalue weighted by Gasteiger charge is -2.17. The predicted octanol–water partition coefficient (Wildman–Crippen LogP) is 3.22. The van der Waals surface area contributed by atoms with Gasteiger partial charge in [-0.3, -0.25) is 4.79 Å². The summed E-state index contributed by atoms with van der Waals surface area (Å²) in [5.74, 6) is -0.221. The third kappa shape index (κ3) is 1.39. The molecule has 1 aliphatic rings. The molecular weight excluding hydrogens is 223 g/mol. The number of phenols is 1. The number of carbonyl (C=O) groups excluding carboxylic acids is 1. The number of benzene rings is 1. The van der Waals surface area contributed by atoms with Crippen LogP contribution >= 0.6 is 23.2 Å². The normalized spacial score (nSPS) is 15.4. The average molecular weight is 231 g/mol. The number of hydrogen-bond acceptors (Lipinski definition) is 2. The molecule has 0 radical (unpaired) electrons. The van der Waals surface area contributed by atoms with Crippen LogP contribution in [-0.4, -0.2) is 10.9 Å². The van der Waals surface area contributed by atoms with Crippen LogP contribution in [0.4, 0.5) is 0 Å². The van der Waals surface area contributed by atoms with Crippen LogP contribution in [0, 0.1) is 0 Å². The lowest BCUT2D eigenvalue weighted by molar-refractivity contribution is 0.0969. The van der Waals surface area contributed by atoms with E-state index in [1.54, 1.807) is 6.07 Å². The van der Waals surface area contributed by atoms with Gasteiger partial charge in [-0.1, -0.05) is 23.2 Å². The minimum atomic E-state index is -0.168. The van der Waals surface area contributed by atoms with Crippen LogP contribution in [0.15, 0.2) is 6.07 Å². The fraction of sp³-hybridized carbons (Fsp3) is 0.300. The zero-order valence-corrected chi connectivity index (χ0v) is 8.82. The van der Waals surface area contributed by atoms with Crippen molar-refractivity contribution in [2.75, 3.05) is 0 Å². The van der Waals surface area contributed by atoms with E-state index < -0.39 is 0 Å². The summed E-state index contributed by atoms with van der Waals surface area (Å²) >= 11 is 11.5. The van der Waals surface area contributed by atoms with Gasteiger partial charge in [-0.05, 0) is 24.5 Å². The molecular formula is C10H8Cl2O2. The van der Waals surface area contributed by atoms with E-state index >= 15 is 0 Å². The monoisotopic (exact) mass is 230 g/mol. The molecule has 14 heavy (non-hydrogen) atoms. The lowest BCUT2D eigenvalue weighted by atomic mass is 9.90. The number of ketones is 1. The number of hydrogen-bond donors (Lipinski definition) is 1. The Labute approximate surface area is 91.4 Å². The molecule has 1 aromatic rings. The Morgan fingerprint density at radius 3 is 2.71 bits per heavy atom. The average Bonchev–Trinajstić information content (AvgIpc) is 2.14. The van der Waals surface area contributed by atoms with Crippen molar-refractivity contribution in [3.05, 3.63) is 27.2 Å². The topological polar surface area (TPSA) is 37.3 Å². The molecule has 0 heterocycles. The summed E-state index contributed by atoms with van der Waals surface area (Å²) in [4.78, 5) is 11.5. The lowest BCUT2D eigenvalue weighted by Crippen LogP contribution is -2.11. The summed E-state index contributed by atoms with van der Waals surface area (Å²) < 4.78 is 0. The molecule has 0 saturated heterocycles. The van der Waals surface area contributed by atoms with Crippen molar-refractivity contribution in [2.45, 2.75) is 19.3 Å². The van der Waals surface area contributed by atoms with Crippen LogP contribution in [0.25, 0.3) is 0 Å². The van der Waals surface area contributed by atoms with Gasteiger partial charge in [0.05, 0.1) is 10.6 Å². The smallest absolute Gasteiger partial charge is 0.166 e. The minimum absolute atomic E-state index is 0.0534. The van der Waals surface area contributed by atoms with E-state index in [1.807, 2.05) is 0 Å². The Morgan fingerprint density at radius 1 is 1.29 bits per heavy atom. The van der Waals surface area contributed by atoms with E-state index in [0.29, 0.717) is 17.0 Å². The molecule has 0 saturated carbocycles. The second-order valence-corrected chi connectivity index (χ2v) is 4.12. The molecule has 1 N–H and O–H groups in total. The first-order valence-corrected chi connectivity index (χ1v) is 5.10. The second-order valence-electron chi connectivity index (χ2n) is 3.33. The summed E-state index contributed by atoms with van der Waals surface area (Å²) in [7, 11) is 0. The minimum Gasteiger partial charge on any atom is -0.506 e. The largest absolute Gasteiger partial charge is 0.506 e. The number of Topliss-reactive ketones (excluding diaryl/α,β-unsaturated/α-hetero) is 1. The number of halogens is 2. The second kappa shape index (κ2) is 3.44. The Kier molecular flexibility index (Phi) is 2.41. The summed E-state index contributed by atoms with van der Waals surface area (Å²) in [6.45, 7) is 0. The number of aryl methyl sites for hydroxylation is 1. The Bertz CT molecular complexity index is 413. The van der Waals surface area contributed by atoms with E-state index in [-0.39, 0.29) is 16.6 Å².